The minimum Gasteiger partial charge on any atom is -0.497 e. The minimum absolute atomic E-state index is 0.248. The van der Waals surface area contributed by atoms with Crippen LogP contribution in [0.25, 0.3) is 16.9 Å². The number of carbonyl (C=O) groups excluding carboxylic acids is 2. The molecule has 11 nitrogen and oxygen atoms in total. The van der Waals surface area contributed by atoms with Gasteiger partial charge in [-0.2, -0.15) is 14.6 Å². The highest BCUT2D eigenvalue weighted by atomic mass is 16.5. The zero-order valence-corrected chi connectivity index (χ0v) is 22.0. The van der Waals surface area contributed by atoms with Gasteiger partial charge in [-0.05, 0) is 30.2 Å². The normalized spacial score (nSPS) is 14.2. The highest BCUT2D eigenvalue weighted by Gasteiger charge is 2.29. The number of aromatic nitrogens is 4. The lowest BCUT2D eigenvalue weighted by atomic mass is 10.1. The first-order valence-electron chi connectivity index (χ1n) is 12.9. The van der Waals surface area contributed by atoms with E-state index in [-0.39, 0.29) is 12.6 Å². The number of piperazine rings is 1. The van der Waals surface area contributed by atoms with Gasteiger partial charge in [-0.15, -0.1) is 0 Å². The number of hydrogen-bond donors (Lipinski definition) is 1. The molecular formula is C28H31N7O4. The van der Waals surface area contributed by atoms with E-state index in [1.165, 1.54) is 6.33 Å². The molecule has 2 amide bonds. The van der Waals surface area contributed by atoms with Gasteiger partial charge in [-0.3, -0.25) is 0 Å². The van der Waals surface area contributed by atoms with Crippen LogP contribution in [0.1, 0.15) is 12.5 Å². The molecule has 1 atom stereocenters. The predicted molar refractivity (Wildman–Crippen MR) is 146 cm³/mol. The Morgan fingerprint density at radius 2 is 1.74 bits per heavy atom. The van der Waals surface area contributed by atoms with Gasteiger partial charge in [0.25, 0.3) is 5.78 Å². The number of methoxy groups -OCH3 is 1. The lowest BCUT2D eigenvalue weighted by molar-refractivity contribution is -0.145. The van der Waals surface area contributed by atoms with Crippen LogP contribution in [0, 0.1) is 0 Å². The number of hydrogen-bond acceptors (Lipinski definition) is 8. The smallest absolute Gasteiger partial charge is 0.329 e. The fourth-order valence-corrected chi connectivity index (χ4v) is 4.69. The maximum Gasteiger partial charge on any atom is 0.329 e. The van der Waals surface area contributed by atoms with E-state index in [0.717, 1.165) is 28.3 Å². The Morgan fingerprint density at radius 1 is 1.00 bits per heavy atom. The number of nitrogens with one attached hydrogen (secondary N) is 1. The van der Waals surface area contributed by atoms with E-state index >= 15 is 0 Å². The Kier molecular flexibility index (Phi) is 7.86. The summed E-state index contributed by atoms with van der Waals surface area (Å²) in [6.45, 7) is 4.07. The van der Waals surface area contributed by atoms with Crippen LogP contribution in [0.4, 0.5) is 10.6 Å². The van der Waals surface area contributed by atoms with Crippen LogP contribution in [-0.4, -0.2) is 82.4 Å². The van der Waals surface area contributed by atoms with Crippen molar-refractivity contribution in [1.82, 2.24) is 29.8 Å². The van der Waals surface area contributed by atoms with Crippen molar-refractivity contribution < 1.29 is 19.1 Å². The molecule has 0 spiro atoms. The van der Waals surface area contributed by atoms with Crippen molar-refractivity contribution in [2.75, 3.05) is 44.8 Å². The summed E-state index contributed by atoms with van der Waals surface area (Å²) in [4.78, 5) is 38.5. The summed E-state index contributed by atoms with van der Waals surface area (Å²) in [5.74, 6) is 1.68. The summed E-state index contributed by atoms with van der Waals surface area (Å²) in [5.41, 5.74) is 2.81. The van der Waals surface area contributed by atoms with Gasteiger partial charge in [0, 0.05) is 44.4 Å². The van der Waals surface area contributed by atoms with Gasteiger partial charge in [0.05, 0.1) is 13.7 Å². The highest BCUT2D eigenvalue weighted by Crippen LogP contribution is 2.32. The van der Waals surface area contributed by atoms with Crippen molar-refractivity contribution in [1.29, 1.82) is 0 Å². The highest BCUT2D eigenvalue weighted by molar-refractivity contribution is 5.84. The van der Waals surface area contributed by atoms with Gasteiger partial charge in [-0.1, -0.05) is 42.5 Å². The van der Waals surface area contributed by atoms with Gasteiger partial charge < -0.3 is 24.6 Å². The SMILES string of the molecule is CCOC(=O)[C@@H](Cc1ccccc1)NC(=O)N1CCN(c2c(-c3ccc(OC)cc3)cnc3ncnn23)CC1. The van der Waals surface area contributed by atoms with Crippen molar-refractivity contribution in [2.45, 2.75) is 19.4 Å². The molecular weight excluding hydrogens is 498 g/mol. The average Bonchev–Trinajstić information content (AvgIpc) is 3.46. The Labute approximate surface area is 226 Å². The van der Waals surface area contributed by atoms with Crippen LogP contribution in [0.3, 0.4) is 0 Å². The van der Waals surface area contributed by atoms with Crippen LogP contribution < -0.4 is 15.0 Å². The number of fused-ring (bicyclic) bond motifs is 1. The number of esters is 1. The van der Waals surface area contributed by atoms with E-state index in [1.54, 1.807) is 29.6 Å². The van der Waals surface area contributed by atoms with Gasteiger partial charge in [0.1, 0.15) is 23.9 Å². The molecule has 2 aromatic carbocycles. The summed E-state index contributed by atoms with van der Waals surface area (Å²) >= 11 is 0. The zero-order chi connectivity index (χ0) is 27.2. The van der Waals surface area contributed by atoms with Crippen molar-refractivity contribution >= 4 is 23.6 Å². The molecule has 1 aliphatic heterocycles. The largest absolute Gasteiger partial charge is 0.497 e. The first-order chi connectivity index (χ1) is 19.1. The summed E-state index contributed by atoms with van der Waals surface area (Å²) < 4.78 is 12.3. The predicted octanol–water partition coefficient (Wildman–Crippen LogP) is 2.81. The number of nitrogens with zero attached hydrogens (tertiary/aromatic N) is 6. The van der Waals surface area contributed by atoms with Crippen LogP contribution in [0.15, 0.2) is 67.1 Å². The molecule has 2 aromatic heterocycles. The lowest BCUT2D eigenvalue weighted by Crippen LogP contribution is -2.55. The van der Waals surface area contributed by atoms with Crippen molar-refractivity contribution in [3.05, 3.63) is 72.7 Å². The van der Waals surface area contributed by atoms with Crippen molar-refractivity contribution in [3.8, 4) is 16.9 Å². The van der Waals surface area contributed by atoms with Crippen LogP contribution in [0.5, 0.6) is 5.75 Å². The molecule has 0 aliphatic carbocycles. The first kappa shape index (κ1) is 26.0. The van der Waals surface area contributed by atoms with Gasteiger partial charge >= 0.3 is 12.0 Å². The second kappa shape index (κ2) is 11.8. The monoisotopic (exact) mass is 529 g/mol. The number of carbonyl (C=O) groups is 2. The third-order valence-electron chi connectivity index (χ3n) is 6.70. The van der Waals surface area contributed by atoms with E-state index in [1.807, 2.05) is 54.6 Å². The molecule has 0 unspecified atom stereocenters. The molecule has 4 aromatic rings. The minimum atomic E-state index is -0.769. The number of anilines is 1. The summed E-state index contributed by atoms with van der Waals surface area (Å²) in [6, 6.07) is 16.3. The van der Waals surface area contributed by atoms with Gasteiger partial charge in [0.2, 0.25) is 0 Å². The number of urea groups is 1. The molecule has 0 saturated carbocycles. The maximum atomic E-state index is 13.2. The number of benzene rings is 2. The number of amides is 2. The Morgan fingerprint density at radius 3 is 2.44 bits per heavy atom. The molecule has 11 heteroatoms. The van der Waals surface area contributed by atoms with Crippen LogP contribution in [-0.2, 0) is 16.0 Å². The summed E-state index contributed by atoms with van der Waals surface area (Å²) in [5, 5.41) is 7.31. The Balaban J connectivity index is 1.31. The Bertz CT molecular complexity index is 1420. The van der Waals surface area contributed by atoms with E-state index in [2.05, 4.69) is 25.3 Å². The van der Waals surface area contributed by atoms with Crippen LogP contribution in [0.2, 0.25) is 0 Å². The quantitative estimate of drug-likeness (QED) is 0.347. The molecule has 0 radical (unpaired) electrons. The van der Waals surface area contributed by atoms with Crippen molar-refractivity contribution in [3.63, 3.8) is 0 Å². The summed E-state index contributed by atoms with van der Waals surface area (Å²) in [6.07, 6.45) is 3.64. The molecule has 5 rings (SSSR count). The Hall–Kier alpha value is -4.67. The fraction of sp³-hybridized carbons (Fsp3) is 0.321. The average molecular weight is 530 g/mol. The van der Waals surface area contributed by atoms with Crippen LogP contribution >= 0.6 is 0 Å². The molecule has 3 heterocycles. The summed E-state index contributed by atoms with van der Waals surface area (Å²) in [7, 11) is 1.63. The zero-order valence-electron chi connectivity index (χ0n) is 22.0. The molecule has 202 valence electrons. The molecule has 1 aliphatic rings. The number of ether oxygens (including phenoxy) is 2. The van der Waals surface area contributed by atoms with E-state index in [9.17, 15) is 9.59 Å². The topological polar surface area (TPSA) is 114 Å². The van der Waals surface area contributed by atoms with E-state index < -0.39 is 12.0 Å². The maximum absolute atomic E-state index is 13.2. The second-order valence-corrected chi connectivity index (χ2v) is 9.11. The van der Waals surface area contributed by atoms with E-state index in [4.69, 9.17) is 9.47 Å². The number of rotatable bonds is 8. The van der Waals surface area contributed by atoms with E-state index in [0.29, 0.717) is 38.4 Å². The molecule has 1 N–H and O–H groups in total. The fourth-order valence-electron chi connectivity index (χ4n) is 4.69. The third-order valence-corrected chi connectivity index (χ3v) is 6.70. The second-order valence-electron chi connectivity index (χ2n) is 9.11. The molecule has 1 saturated heterocycles. The molecule has 1 fully saturated rings. The standard InChI is InChI=1S/C28H31N7O4/c1-3-39-26(36)24(17-20-7-5-4-6-8-20)32-28(37)34-15-13-33(14-16-34)25-23(18-29-27-30-19-31-35(25)27)21-9-11-22(38-2)12-10-21/h4-12,18-19,24H,3,13-17H2,1-2H3,(H,32,37)/t24-/m1/s1. The molecule has 39 heavy (non-hydrogen) atoms. The lowest BCUT2D eigenvalue weighted by Gasteiger charge is -2.37. The first-order valence-corrected chi connectivity index (χ1v) is 12.9. The van der Waals surface area contributed by atoms with Gasteiger partial charge in [0.15, 0.2) is 0 Å². The third kappa shape index (κ3) is 5.77. The van der Waals surface area contributed by atoms with Crippen molar-refractivity contribution in [2.24, 2.45) is 0 Å². The molecule has 0 bridgehead atoms. The van der Waals surface area contributed by atoms with Gasteiger partial charge in [-0.25, -0.2) is 14.6 Å².